The molecule has 0 radical (unpaired) electrons. The lowest BCUT2D eigenvalue weighted by atomic mass is 10.1. The molecule has 0 bridgehead atoms. The van der Waals surface area contributed by atoms with Gasteiger partial charge in [-0.15, -0.1) is 11.3 Å². The third-order valence-electron chi connectivity index (χ3n) is 4.90. The molecule has 0 fully saturated rings. The molecule has 1 aromatic rings. The molecule has 0 saturated carbocycles. The molecule has 0 aromatic carbocycles. The number of anilines is 1. The molecule has 7 nitrogen and oxygen atoms in total. The first-order chi connectivity index (χ1) is 13.6. The molecule has 1 aliphatic carbocycles. The van der Waals surface area contributed by atoms with Crippen LogP contribution in [0.4, 0.5) is 5.00 Å². The lowest BCUT2D eigenvalue weighted by Crippen LogP contribution is -3.14. The number of esters is 1. The third kappa shape index (κ3) is 6.82. The van der Waals surface area contributed by atoms with Crippen LogP contribution in [0.3, 0.4) is 0 Å². The summed E-state index contributed by atoms with van der Waals surface area (Å²) in [6.45, 7) is 8.77. The second-order valence-corrected chi connectivity index (χ2v) is 9.67. The Labute approximate surface area is 177 Å². The Balaban J connectivity index is 2.09. The topological polar surface area (TPSA) is 88.9 Å². The molecule has 29 heavy (non-hydrogen) atoms. The zero-order valence-corrected chi connectivity index (χ0v) is 19.0. The number of likely N-dealkylation sites (N-methyl/N-ethyl adjacent to an activating group) is 1. The van der Waals surface area contributed by atoms with Gasteiger partial charge in [0.2, 0.25) is 0 Å². The van der Waals surface area contributed by atoms with Crippen molar-refractivity contribution in [2.24, 2.45) is 0 Å². The highest BCUT2D eigenvalue weighted by Crippen LogP contribution is 2.37. The highest BCUT2D eigenvalue weighted by atomic mass is 32.1. The van der Waals surface area contributed by atoms with Gasteiger partial charge in [0.15, 0.2) is 13.1 Å². The van der Waals surface area contributed by atoms with Crippen LogP contribution in [0.25, 0.3) is 0 Å². The van der Waals surface area contributed by atoms with Crippen molar-refractivity contribution >= 4 is 34.1 Å². The van der Waals surface area contributed by atoms with Gasteiger partial charge in [0.1, 0.15) is 5.00 Å². The van der Waals surface area contributed by atoms with Crippen LogP contribution < -0.4 is 15.5 Å². The average molecular weight is 425 g/mol. The van der Waals surface area contributed by atoms with Gasteiger partial charge in [0.05, 0.1) is 19.2 Å². The average Bonchev–Trinajstić information content (AvgIpc) is 2.79. The van der Waals surface area contributed by atoms with Gasteiger partial charge in [0.25, 0.3) is 11.8 Å². The number of aryl methyl sites for hydroxylation is 1. The highest BCUT2D eigenvalue weighted by Gasteiger charge is 2.27. The molecule has 1 atom stereocenters. The quantitative estimate of drug-likeness (QED) is 0.458. The first-order valence-corrected chi connectivity index (χ1v) is 11.1. The van der Waals surface area contributed by atoms with E-state index in [2.05, 4.69) is 10.6 Å². The molecule has 0 saturated heterocycles. The number of rotatable bonds is 7. The Morgan fingerprint density at radius 1 is 1.07 bits per heavy atom. The highest BCUT2D eigenvalue weighted by molar-refractivity contribution is 7.17. The van der Waals surface area contributed by atoms with Gasteiger partial charge in [0, 0.05) is 10.4 Å². The van der Waals surface area contributed by atoms with E-state index in [-0.39, 0.29) is 30.4 Å². The van der Waals surface area contributed by atoms with E-state index >= 15 is 0 Å². The molecule has 2 rings (SSSR count). The zero-order valence-electron chi connectivity index (χ0n) is 18.2. The molecule has 1 aromatic heterocycles. The van der Waals surface area contributed by atoms with E-state index in [1.54, 1.807) is 0 Å². The van der Waals surface area contributed by atoms with E-state index in [0.717, 1.165) is 42.6 Å². The first kappa shape index (κ1) is 23.3. The number of methoxy groups -OCH3 is 1. The maximum atomic E-state index is 12.7. The van der Waals surface area contributed by atoms with E-state index in [4.69, 9.17) is 4.74 Å². The van der Waals surface area contributed by atoms with Crippen molar-refractivity contribution in [1.82, 2.24) is 5.32 Å². The Morgan fingerprint density at radius 3 is 2.34 bits per heavy atom. The minimum Gasteiger partial charge on any atom is -0.465 e. The van der Waals surface area contributed by atoms with Crippen molar-refractivity contribution in [3.8, 4) is 0 Å². The van der Waals surface area contributed by atoms with Crippen molar-refractivity contribution in [2.75, 3.05) is 32.1 Å². The van der Waals surface area contributed by atoms with Gasteiger partial charge in [-0.05, 0) is 58.9 Å². The molecular weight excluding hydrogens is 390 g/mol. The summed E-state index contributed by atoms with van der Waals surface area (Å²) in [5.74, 6) is -0.684. The molecule has 8 heteroatoms. The Bertz CT molecular complexity index is 752. The normalized spacial score (nSPS) is 15.1. The van der Waals surface area contributed by atoms with Crippen molar-refractivity contribution in [3.05, 3.63) is 16.0 Å². The van der Waals surface area contributed by atoms with Crippen LogP contribution in [0.2, 0.25) is 0 Å². The van der Waals surface area contributed by atoms with Crippen LogP contribution in [0.1, 0.15) is 67.8 Å². The molecule has 2 amide bonds. The molecule has 3 N–H and O–H groups in total. The number of thiophene rings is 1. The summed E-state index contributed by atoms with van der Waals surface area (Å²) in [5.41, 5.74) is 1.23. The fourth-order valence-electron chi connectivity index (χ4n) is 3.55. The number of carbonyl (C=O) groups is 3. The lowest BCUT2D eigenvalue weighted by Gasteiger charge is -2.23. The summed E-state index contributed by atoms with van der Waals surface area (Å²) in [7, 11) is 1.37. The summed E-state index contributed by atoms with van der Waals surface area (Å²) in [6, 6.07) is 0. The third-order valence-corrected chi connectivity index (χ3v) is 6.11. The van der Waals surface area contributed by atoms with Crippen molar-refractivity contribution < 1.29 is 24.0 Å². The summed E-state index contributed by atoms with van der Waals surface area (Å²) in [5, 5.41) is 6.42. The Morgan fingerprint density at radius 2 is 1.72 bits per heavy atom. The van der Waals surface area contributed by atoms with Crippen LogP contribution in [0.15, 0.2) is 0 Å². The van der Waals surface area contributed by atoms with E-state index < -0.39 is 5.97 Å². The van der Waals surface area contributed by atoms with Gasteiger partial charge in [-0.3, -0.25) is 9.59 Å². The van der Waals surface area contributed by atoms with E-state index in [1.165, 1.54) is 23.3 Å². The fraction of sp³-hybridized carbons (Fsp3) is 0.667. The lowest BCUT2D eigenvalue weighted by molar-refractivity contribution is -0.881. The number of nitrogens with one attached hydrogen (secondary N) is 3. The minimum atomic E-state index is -0.399. The molecule has 1 aliphatic rings. The predicted octanol–water partition coefficient (Wildman–Crippen LogP) is 1.56. The van der Waals surface area contributed by atoms with Gasteiger partial charge < -0.3 is 20.3 Å². The zero-order chi connectivity index (χ0) is 21.6. The first-order valence-electron chi connectivity index (χ1n) is 10.3. The number of ether oxygens (including phenoxy) is 1. The molecule has 162 valence electrons. The smallest absolute Gasteiger partial charge is 0.341 e. The Hall–Kier alpha value is -1.93. The summed E-state index contributed by atoms with van der Waals surface area (Å²) in [6.07, 6.45) is 5.05. The molecule has 0 spiro atoms. The summed E-state index contributed by atoms with van der Waals surface area (Å²) >= 11 is 1.48. The predicted molar refractivity (Wildman–Crippen MR) is 115 cm³/mol. The Kier molecular flexibility index (Phi) is 8.22. The van der Waals surface area contributed by atoms with Crippen molar-refractivity contribution in [1.29, 1.82) is 0 Å². The van der Waals surface area contributed by atoms with E-state index in [0.29, 0.717) is 17.1 Å². The minimum absolute atomic E-state index is 0.0831. The molecule has 1 unspecified atom stereocenters. The summed E-state index contributed by atoms with van der Waals surface area (Å²) in [4.78, 5) is 39.3. The number of hydrogen-bond donors (Lipinski definition) is 3. The van der Waals surface area contributed by atoms with Gasteiger partial charge >= 0.3 is 5.97 Å². The van der Waals surface area contributed by atoms with Crippen LogP contribution >= 0.6 is 11.3 Å². The second kappa shape index (κ2) is 10.2. The summed E-state index contributed by atoms with van der Waals surface area (Å²) < 4.78 is 4.98. The number of carbonyl (C=O) groups excluding carboxylic acids is 3. The van der Waals surface area contributed by atoms with E-state index in [1.807, 2.05) is 27.7 Å². The molecule has 0 aliphatic heterocycles. The number of quaternary nitrogens is 1. The van der Waals surface area contributed by atoms with Gasteiger partial charge in [-0.25, -0.2) is 4.79 Å². The molecule has 1 heterocycles. The van der Waals surface area contributed by atoms with Crippen LogP contribution in [0.5, 0.6) is 0 Å². The number of amides is 2. The van der Waals surface area contributed by atoms with Crippen LogP contribution in [-0.4, -0.2) is 50.1 Å². The fourth-order valence-corrected chi connectivity index (χ4v) is 4.84. The van der Waals surface area contributed by atoms with Crippen LogP contribution in [-0.2, 0) is 27.2 Å². The van der Waals surface area contributed by atoms with Gasteiger partial charge in [-0.1, -0.05) is 6.42 Å². The maximum absolute atomic E-state index is 12.7. The standard InChI is InChI=1S/C21H33N3O4S/c1-6-24(13-17(26)23-21(2,3)4)12-16(25)22-19-18(20(27)28-5)14-10-8-7-9-11-15(14)29-19/h6-13H2,1-5H3,(H,22,25)(H,23,26)/p+1. The largest absolute Gasteiger partial charge is 0.465 e. The van der Waals surface area contributed by atoms with E-state index in [9.17, 15) is 14.4 Å². The van der Waals surface area contributed by atoms with Gasteiger partial charge in [-0.2, -0.15) is 0 Å². The maximum Gasteiger partial charge on any atom is 0.341 e. The molecular formula is C21H34N3O4S+. The van der Waals surface area contributed by atoms with Crippen molar-refractivity contribution in [3.63, 3.8) is 0 Å². The SMILES string of the molecule is CC[NH+](CC(=O)Nc1sc2c(c1C(=O)OC)CCCCC2)CC(=O)NC(C)(C)C. The monoisotopic (exact) mass is 424 g/mol. The number of fused-ring (bicyclic) bond motifs is 1. The van der Waals surface area contributed by atoms with Crippen LogP contribution in [0, 0.1) is 0 Å². The number of hydrogen-bond acceptors (Lipinski definition) is 5. The second-order valence-electron chi connectivity index (χ2n) is 8.56. The van der Waals surface area contributed by atoms with Crippen molar-refractivity contribution in [2.45, 2.75) is 65.3 Å².